The van der Waals surface area contributed by atoms with E-state index in [1.54, 1.807) is 28.9 Å². The van der Waals surface area contributed by atoms with E-state index in [2.05, 4.69) is 15.2 Å². The smallest absolute Gasteiger partial charge is 0.175 e. The van der Waals surface area contributed by atoms with Gasteiger partial charge in [0.05, 0.1) is 23.3 Å². The van der Waals surface area contributed by atoms with Gasteiger partial charge in [-0.2, -0.15) is 0 Å². The van der Waals surface area contributed by atoms with E-state index < -0.39 is 9.84 Å². The number of aliphatic hydroxyl groups is 1. The Morgan fingerprint density at radius 2 is 1.84 bits per heavy atom. The van der Waals surface area contributed by atoms with Crippen LogP contribution in [0, 0.1) is 5.92 Å². The molecule has 2 aromatic rings. The summed E-state index contributed by atoms with van der Waals surface area (Å²) in [5, 5.41) is 17.6. The number of piperidine rings is 1. The lowest BCUT2D eigenvalue weighted by atomic mass is 9.98. The average Bonchev–Trinajstić information content (AvgIpc) is 3.02. The van der Waals surface area contributed by atoms with Crippen LogP contribution in [0.25, 0.3) is 0 Å². The van der Waals surface area contributed by atoms with Crippen LogP contribution in [0.1, 0.15) is 24.1 Å². The molecule has 0 atom stereocenters. The molecule has 1 aromatic heterocycles. The van der Waals surface area contributed by atoms with Gasteiger partial charge in [-0.1, -0.05) is 17.3 Å². The van der Waals surface area contributed by atoms with Gasteiger partial charge >= 0.3 is 0 Å². The Morgan fingerprint density at radius 3 is 2.44 bits per heavy atom. The van der Waals surface area contributed by atoms with Crippen molar-refractivity contribution in [3.05, 3.63) is 41.7 Å². The summed E-state index contributed by atoms with van der Waals surface area (Å²) in [5.74, 6) is 0.432. The molecule has 1 saturated heterocycles. The maximum absolute atomic E-state index is 11.5. The number of likely N-dealkylation sites (tertiary alicyclic amines) is 1. The van der Waals surface area contributed by atoms with E-state index in [4.69, 9.17) is 0 Å². The van der Waals surface area contributed by atoms with Crippen LogP contribution in [-0.2, 0) is 22.9 Å². The largest absolute Gasteiger partial charge is 0.396 e. The molecule has 0 amide bonds. The lowest BCUT2D eigenvalue weighted by molar-refractivity contribution is 0.126. The van der Waals surface area contributed by atoms with Gasteiger partial charge in [0.1, 0.15) is 0 Å². The number of aliphatic hydroxyl groups excluding tert-OH is 1. The minimum absolute atomic E-state index is 0.280. The molecule has 1 fully saturated rings. The fourth-order valence-corrected chi connectivity index (χ4v) is 3.70. The van der Waals surface area contributed by atoms with Crippen molar-refractivity contribution in [2.45, 2.75) is 30.8 Å². The number of hydrogen-bond acceptors (Lipinski definition) is 6. The summed E-state index contributed by atoms with van der Waals surface area (Å²) in [6.45, 7) is 3.56. The van der Waals surface area contributed by atoms with E-state index >= 15 is 0 Å². The molecule has 136 valence electrons. The van der Waals surface area contributed by atoms with Crippen molar-refractivity contribution < 1.29 is 13.5 Å². The van der Waals surface area contributed by atoms with Gasteiger partial charge in [0.15, 0.2) is 9.84 Å². The van der Waals surface area contributed by atoms with Crippen LogP contribution in [0.2, 0.25) is 0 Å². The maximum Gasteiger partial charge on any atom is 0.175 e. The van der Waals surface area contributed by atoms with Crippen molar-refractivity contribution in [2.75, 3.05) is 26.0 Å². The van der Waals surface area contributed by atoms with E-state index in [1.807, 2.05) is 6.20 Å². The Labute approximate surface area is 148 Å². The van der Waals surface area contributed by atoms with E-state index in [-0.39, 0.29) is 6.61 Å². The summed E-state index contributed by atoms with van der Waals surface area (Å²) in [6, 6.07) is 6.84. The number of nitrogens with zero attached hydrogens (tertiary/aromatic N) is 4. The molecule has 1 aliphatic heterocycles. The third-order valence-corrected chi connectivity index (χ3v) is 5.76. The van der Waals surface area contributed by atoms with E-state index in [0.717, 1.165) is 43.7 Å². The van der Waals surface area contributed by atoms with Gasteiger partial charge in [-0.05, 0) is 49.5 Å². The minimum Gasteiger partial charge on any atom is -0.396 e. The molecular weight excluding hydrogens is 340 g/mol. The van der Waals surface area contributed by atoms with Crippen LogP contribution < -0.4 is 0 Å². The van der Waals surface area contributed by atoms with Crippen LogP contribution >= 0.6 is 0 Å². The first kappa shape index (κ1) is 18.0. The number of sulfone groups is 1. The second kappa shape index (κ2) is 7.63. The molecule has 0 radical (unpaired) electrons. The van der Waals surface area contributed by atoms with E-state index in [9.17, 15) is 13.5 Å². The van der Waals surface area contributed by atoms with Crippen LogP contribution in [0.4, 0.5) is 0 Å². The van der Waals surface area contributed by atoms with Crippen molar-refractivity contribution in [1.29, 1.82) is 0 Å². The zero-order valence-corrected chi connectivity index (χ0v) is 15.2. The van der Waals surface area contributed by atoms with Gasteiger partial charge in [0, 0.05) is 19.4 Å². The molecule has 0 unspecified atom stereocenters. The SMILES string of the molecule is CS(=O)(=O)c1ccc(Cn2cc(CN3CCC(CO)CC3)nn2)cc1. The third kappa shape index (κ3) is 4.87. The first-order valence-corrected chi connectivity index (χ1v) is 10.3. The predicted octanol–water partition coefficient (Wildman–Crippen LogP) is 0.934. The van der Waals surface area contributed by atoms with Crippen LogP contribution in [0.15, 0.2) is 35.4 Å². The van der Waals surface area contributed by atoms with Crippen LogP contribution in [0.5, 0.6) is 0 Å². The number of aromatic nitrogens is 3. The molecular formula is C17H24N4O3S. The Balaban J connectivity index is 1.57. The molecule has 2 heterocycles. The highest BCUT2D eigenvalue weighted by atomic mass is 32.2. The lowest BCUT2D eigenvalue weighted by Crippen LogP contribution is -2.34. The van der Waals surface area contributed by atoms with Crippen LogP contribution in [0.3, 0.4) is 0 Å². The second-order valence-electron chi connectivity index (χ2n) is 6.73. The molecule has 0 spiro atoms. The quantitative estimate of drug-likeness (QED) is 0.820. The Hall–Kier alpha value is -1.77. The van der Waals surface area contributed by atoms with Crippen molar-refractivity contribution >= 4 is 9.84 Å². The van der Waals surface area contributed by atoms with Gasteiger partial charge in [-0.15, -0.1) is 5.10 Å². The zero-order valence-electron chi connectivity index (χ0n) is 14.4. The molecule has 7 nitrogen and oxygen atoms in total. The molecule has 1 aliphatic rings. The van der Waals surface area contributed by atoms with Gasteiger partial charge < -0.3 is 5.11 Å². The Bertz CT molecular complexity index is 794. The topological polar surface area (TPSA) is 88.3 Å². The van der Waals surface area contributed by atoms with E-state index in [1.165, 1.54) is 6.26 Å². The molecule has 1 aromatic carbocycles. The highest BCUT2D eigenvalue weighted by Gasteiger charge is 2.19. The van der Waals surface area contributed by atoms with Crippen molar-refractivity contribution in [2.24, 2.45) is 5.92 Å². The molecule has 3 rings (SSSR count). The molecule has 8 heteroatoms. The Kier molecular flexibility index (Phi) is 5.51. The van der Waals surface area contributed by atoms with Gasteiger partial charge in [-0.3, -0.25) is 4.90 Å². The average molecular weight is 364 g/mol. The summed E-state index contributed by atoms with van der Waals surface area (Å²) in [5.41, 5.74) is 1.91. The molecule has 0 aliphatic carbocycles. The fraction of sp³-hybridized carbons (Fsp3) is 0.529. The molecule has 1 N–H and O–H groups in total. The monoisotopic (exact) mass is 364 g/mol. The summed E-state index contributed by atoms with van der Waals surface area (Å²) in [4.78, 5) is 2.66. The molecule has 25 heavy (non-hydrogen) atoms. The number of rotatable bonds is 6. The Morgan fingerprint density at radius 1 is 1.16 bits per heavy atom. The molecule has 0 saturated carbocycles. The predicted molar refractivity (Wildman–Crippen MR) is 93.8 cm³/mol. The third-order valence-electron chi connectivity index (χ3n) is 4.63. The normalized spacial score (nSPS) is 17.0. The van der Waals surface area contributed by atoms with Crippen LogP contribution in [-0.4, -0.2) is 59.4 Å². The lowest BCUT2D eigenvalue weighted by Gasteiger charge is -2.30. The summed E-state index contributed by atoms with van der Waals surface area (Å²) >= 11 is 0. The zero-order chi connectivity index (χ0) is 17.9. The summed E-state index contributed by atoms with van der Waals surface area (Å²) < 4.78 is 24.7. The van der Waals surface area contributed by atoms with Gasteiger partial charge in [-0.25, -0.2) is 13.1 Å². The molecule has 0 bridgehead atoms. The number of benzene rings is 1. The fourth-order valence-electron chi connectivity index (χ4n) is 3.07. The van der Waals surface area contributed by atoms with Crippen molar-refractivity contribution in [3.63, 3.8) is 0 Å². The van der Waals surface area contributed by atoms with Crippen molar-refractivity contribution in [1.82, 2.24) is 19.9 Å². The van der Waals surface area contributed by atoms with E-state index in [0.29, 0.717) is 17.4 Å². The maximum atomic E-state index is 11.5. The summed E-state index contributed by atoms with van der Waals surface area (Å²) in [7, 11) is -3.17. The number of hydrogen-bond donors (Lipinski definition) is 1. The van der Waals surface area contributed by atoms with Gasteiger partial charge in [0.25, 0.3) is 0 Å². The first-order valence-electron chi connectivity index (χ1n) is 8.45. The highest BCUT2D eigenvalue weighted by Crippen LogP contribution is 2.18. The first-order chi connectivity index (χ1) is 11.9. The van der Waals surface area contributed by atoms with Crippen molar-refractivity contribution in [3.8, 4) is 0 Å². The van der Waals surface area contributed by atoms with Gasteiger partial charge in [0.2, 0.25) is 0 Å². The second-order valence-corrected chi connectivity index (χ2v) is 8.74. The minimum atomic E-state index is -3.17. The standard InChI is InChI=1S/C17H24N4O3S/c1-25(23,24)17-4-2-14(3-5-17)10-21-12-16(18-19-21)11-20-8-6-15(13-22)7-9-20/h2-5,12,15,22H,6-11,13H2,1H3. The highest BCUT2D eigenvalue weighted by molar-refractivity contribution is 7.90. The summed E-state index contributed by atoms with van der Waals surface area (Å²) in [6.07, 6.45) is 5.19.